The summed E-state index contributed by atoms with van der Waals surface area (Å²) in [5, 5.41) is 3.30. The second kappa shape index (κ2) is 9.39. The number of carbonyl (C=O) groups is 1. The number of ether oxygens (including phenoxy) is 1. The molecule has 31 heavy (non-hydrogen) atoms. The first kappa shape index (κ1) is 21.2. The lowest BCUT2D eigenvalue weighted by atomic mass is 9.87. The van der Waals surface area contributed by atoms with Crippen LogP contribution in [0.15, 0.2) is 58.5 Å². The number of fused-ring (bicyclic) bond motifs is 1. The highest BCUT2D eigenvalue weighted by atomic mass is 32.2. The number of H-pyrrole nitrogens is 1. The number of hydrogen-bond donors (Lipinski definition) is 2. The molecule has 7 heteroatoms. The van der Waals surface area contributed by atoms with E-state index in [-0.39, 0.29) is 23.8 Å². The summed E-state index contributed by atoms with van der Waals surface area (Å²) in [6.07, 6.45) is 1.18. The highest BCUT2D eigenvalue weighted by Gasteiger charge is 2.30. The van der Waals surface area contributed by atoms with Gasteiger partial charge in [0.1, 0.15) is 18.2 Å². The number of aromatic nitrogens is 2. The maximum absolute atomic E-state index is 12.8. The fourth-order valence-electron chi connectivity index (χ4n) is 3.67. The maximum Gasteiger partial charge on any atom is 0.257 e. The Balaban J connectivity index is 1.54. The molecule has 1 aliphatic heterocycles. The summed E-state index contributed by atoms with van der Waals surface area (Å²) in [7, 11) is 0. The van der Waals surface area contributed by atoms with Gasteiger partial charge in [0, 0.05) is 18.1 Å². The number of rotatable bonds is 7. The van der Waals surface area contributed by atoms with Crippen molar-refractivity contribution < 1.29 is 9.53 Å². The Morgan fingerprint density at radius 1 is 1.16 bits per heavy atom. The minimum atomic E-state index is -0.337. The average molecular weight is 436 g/mol. The van der Waals surface area contributed by atoms with Crippen molar-refractivity contribution in [3.63, 3.8) is 0 Å². The largest absolute Gasteiger partial charge is 0.489 e. The van der Waals surface area contributed by atoms with Crippen LogP contribution in [0.1, 0.15) is 47.9 Å². The molecule has 0 bridgehead atoms. The molecule has 3 aromatic rings. The third kappa shape index (κ3) is 4.99. The molecule has 1 aromatic heterocycles. The first-order chi connectivity index (χ1) is 15.0. The molecule has 2 heterocycles. The molecule has 2 aromatic carbocycles. The molecule has 0 saturated heterocycles. The van der Waals surface area contributed by atoms with Crippen LogP contribution in [0.5, 0.6) is 5.75 Å². The van der Waals surface area contributed by atoms with Gasteiger partial charge in [0.25, 0.3) is 5.56 Å². The lowest BCUT2D eigenvalue weighted by Crippen LogP contribution is -2.31. The van der Waals surface area contributed by atoms with E-state index in [1.54, 1.807) is 0 Å². The standard InChI is InChI=1S/C24H25N3O3S/c1-3-11-31-24-26-22-21(23(29)27-24)19(13-20(28)25-22)17-7-9-18(10-8-17)30-14-16-6-4-5-15(2)12-16/h4-10,12,19H,3,11,13-14H2,1-2H3,(H2,25,26,27,28,29). The Morgan fingerprint density at radius 3 is 2.71 bits per heavy atom. The average Bonchev–Trinajstić information content (AvgIpc) is 2.76. The Kier molecular flexibility index (Phi) is 6.42. The van der Waals surface area contributed by atoms with Gasteiger partial charge >= 0.3 is 0 Å². The van der Waals surface area contributed by atoms with E-state index in [1.807, 2.05) is 36.4 Å². The number of nitrogens with zero attached hydrogens (tertiary/aromatic N) is 1. The summed E-state index contributed by atoms with van der Waals surface area (Å²) in [4.78, 5) is 32.4. The first-order valence-electron chi connectivity index (χ1n) is 10.4. The summed E-state index contributed by atoms with van der Waals surface area (Å²) in [6, 6.07) is 15.8. The van der Waals surface area contributed by atoms with Crippen molar-refractivity contribution in [3.8, 4) is 5.75 Å². The van der Waals surface area contributed by atoms with Crippen LogP contribution in [0.3, 0.4) is 0 Å². The van der Waals surface area contributed by atoms with Crippen LogP contribution in [-0.2, 0) is 11.4 Å². The molecule has 2 N–H and O–H groups in total. The number of aromatic amines is 1. The van der Waals surface area contributed by atoms with E-state index in [0.29, 0.717) is 23.1 Å². The molecule has 1 unspecified atom stereocenters. The summed E-state index contributed by atoms with van der Waals surface area (Å²) in [5.74, 6) is 1.48. The van der Waals surface area contributed by atoms with E-state index < -0.39 is 0 Å². The van der Waals surface area contributed by atoms with Crippen molar-refractivity contribution >= 4 is 23.5 Å². The Bertz CT molecular complexity index is 1140. The zero-order chi connectivity index (χ0) is 21.8. The van der Waals surface area contributed by atoms with Crippen molar-refractivity contribution in [1.82, 2.24) is 9.97 Å². The number of hydrogen-bond acceptors (Lipinski definition) is 5. The zero-order valence-electron chi connectivity index (χ0n) is 17.6. The molecule has 6 nitrogen and oxygen atoms in total. The van der Waals surface area contributed by atoms with Crippen molar-refractivity contribution in [2.75, 3.05) is 11.1 Å². The fourth-order valence-corrected chi connectivity index (χ4v) is 4.39. The Labute approximate surface area is 185 Å². The molecule has 0 saturated carbocycles. The Morgan fingerprint density at radius 2 is 1.97 bits per heavy atom. The van der Waals surface area contributed by atoms with Gasteiger partial charge in [0.15, 0.2) is 5.16 Å². The second-order valence-corrected chi connectivity index (χ2v) is 8.72. The van der Waals surface area contributed by atoms with Gasteiger partial charge in [-0.1, -0.05) is 60.6 Å². The van der Waals surface area contributed by atoms with E-state index in [4.69, 9.17) is 4.74 Å². The highest BCUT2D eigenvalue weighted by molar-refractivity contribution is 7.99. The Hall–Kier alpha value is -3.06. The van der Waals surface area contributed by atoms with Gasteiger partial charge < -0.3 is 15.0 Å². The number of benzene rings is 2. The van der Waals surface area contributed by atoms with Crippen LogP contribution >= 0.6 is 11.8 Å². The highest BCUT2D eigenvalue weighted by Crippen LogP contribution is 2.35. The van der Waals surface area contributed by atoms with E-state index in [2.05, 4.69) is 41.3 Å². The third-order valence-corrected chi connectivity index (χ3v) is 6.22. The topological polar surface area (TPSA) is 84.1 Å². The number of nitrogens with one attached hydrogen (secondary N) is 2. The minimum Gasteiger partial charge on any atom is -0.489 e. The van der Waals surface area contributed by atoms with Crippen LogP contribution < -0.4 is 15.6 Å². The molecule has 0 fully saturated rings. The molecular formula is C24H25N3O3S. The summed E-state index contributed by atoms with van der Waals surface area (Å²) >= 11 is 1.48. The van der Waals surface area contributed by atoms with Crippen LogP contribution in [0.25, 0.3) is 0 Å². The molecular weight excluding hydrogens is 410 g/mol. The lowest BCUT2D eigenvalue weighted by molar-refractivity contribution is -0.116. The van der Waals surface area contributed by atoms with Gasteiger partial charge in [0.2, 0.25) is 5.91 Å². The van der Waals surface area contributed by atoms with Crippen LogP contribution in [0.4, 0.5) is 5.82 Å². The molecule has 1 aliphatic rings. The molecule has 0 spiro atoms. The second-order valence-electron chi connectivity index (χ2n) is 7.63. The maximum atomic E-state index is 12.8. The minimum absolute atomic E-state index is 0.137. The van der Waals surface area contributed by atoms with Crippen molar-refractivity contribution in [2.45, 2.75) is 44.4 Å². The first-order valence-corrected chi connectivity index (χ1v) is 11.4. The molecule has 0 radical (unpaired) electrons. The number of carbonyl (C=O) groups excluding carboxylic acids is 1. The molecule has 0 aliphatic carbocycles. The smallest absolute Gasteiger partial charge is 0.257 e. The number of anilines is 1. The van der Waals surface area contributed by atoms with Gasteiger partial charge in [-0.25, -0.2) is 4.98 Å². The van der Waals surface area contributed by atoms with E-state index >= 15 is 0 Å². The van der Waals surface area contributed by atoms with Gasteiger partial charge in [0.05, 0.1) is 5.56 Å². The normalized spacial score (nSPS) is 15.3. The lowest BCUT2D eigenvalue weighted by Gasteiger charge is -2.24. The number of thioether (sulfide) groups is 1. The monoisotopic (exact) mass is 435 g/mol. The van der Waals surface area contributed by atoms with Gasteiger partial charge in [-0.3, -0.25) is 9.59 Å². The van der Waals surface area contributed by atoms with E-state index in [0.717, 1.165) is 29.1 Å². The van der Waals surface area contributed by atoms with Gasteiger partial charge in [-0.05, 0) is 36.6 Å². The van der Waals surface area contributed by atoms with Crippen molar-refractivity contribution in [2.24, 2.45) is 0 Å². The summed E-state index contributed by atoms with van der Waals surface area (Å²) in [5.41, 5.74) is 3.50. The van der Waals surface area contributed by atoms with Crippen molar-refractivity contribution in [3.05, 3.63) is 81.1 Å². The molecule has 160 valence electrons. The molecule has 1 amide bonds. The predicted octanol–water partition coefficient (Wildman–Crippen LogP) is 4.63. The molecule has 1 atom stereocenters. The number of amides is 1. The third-order valence-electron chi connectivity index (χ3n) is 5.14. The molecule has 4 rings (SSSR count). The predicted molar refractivity (Wildman–Crippen MR) is 123 cm³/mol. The summed E-state index contributed by atoms with van der Waals surface area (Å²) in [6.45, 7) is 4.60. The van der Waals surface area contributed by atoms with Crippen molar-refractivity contribution in [1.29, 1.82) is 0 Å². The van der Waals surface area contributed by atoms with Crippen LogP contribution in [0, 0.1) is 6.92 Å². The van der Waals surface area contributed by atoms with Crippen LogP contribution in [0.2, 0.25) is 0 Å². The number of aryl methyl sites for hydroxylation is 1. The quantitative estimate of drug-likeness (QED) is 0.417. The van der Waals surface area contributed by atoms with E-state index in [1.165, 1.54) is 17.3 Å². The zero-order valence-corrected chi connectivity index (χ0v) is 18.4. The van der Waals surface area contributed by atoms with Crippen LogP contribution in [-0.4, -0.2) is 21.6 Å². The SMILES string of the molecule is CCCSc1nc2c(c(=O)[nH]1)C(c1ccc(OCc3cccc(C)c3)cc1)CC(=O)N2. The fraction of sp³-hybridized carbons (Fsp3) is 0.292. The van der Waals surface area contributed by atoms with Gasteiger partial charge in [-0.2, -0.15) is 0 Å². The summed E-state index contributed by atoms with van der Waals surface area (Å²) < 4.78 is 5.89. The van der Waals surface area contributed by atoms with Gasteiger partial charge in [-0.15, -0.1) is 0 Å². The van der Waals surface area contributed by atoms with E-state index in [9.17, 15) is 9.59 Å².